The first-order chi connectivity index (χ1) is 11.4. The van der Waals surface area contributed by atoms with E-state index in [0.717, 1.165) is 16.7 Å². The predicted molar refractivity (Wildman–Crippen MR) is 92.1 cm³/mol. The van der Waals surface area contributed by atoms with Gasteiger partial charge in [0.25, 0.3) is 0 Å². The van der Waals surface area contributed by atoms with E-state index in [9.17, 15) is 9.59 Å². The third-order valence-electron chi connectivity index (χ3n) is 3.36. The average molecular weight is 326 g/mol. The van der Waals surface area contributed by atoms with Crippen LogP contribution in [0.4, 0.5) is 0 Å². The summed E-state index contributed by atoms with van der Waals surface area (Å²) in [6, 6.07) is 7.65. The van der Waals surface area contributed by atoms with E-state index in [4.69, 9.17) is 9.47 Å². The number of rotatable bonds is 4. The van der Waals surface area contributed by atoms with Gasteiger partial charge in [-0.1, -0.05) is 29.5 Å². The van der Waals surface area contributed by atoms with Gasteiger partial charge in [-0.05, 0) is 44.6 Å². The molecule has 0 N–H and O–H groups in total. The zero-order valence-corrected chi connectivity index (χ0v) is 14.7. The summed E-state index contributed by atoms with van der Waals surface area (Å²) in [7, 11) is 2.45. The summed E-state index contributed by atoms with van der Waals surface area (Å²) in [6.45, 7) is 5.61. The van der Waals surface area contributed by atoms with Gasteiger partial charge in [-0.15, -0.1) is 5.73 Å². The van der Waals surface area contributed by atoms with E-state index >= 15 is 0 Å². The molecule has 0 bridgehead atoms. The Kier molecular flexibility index (Phi) is 7.04. The Bertz CT molecular complexity index is 703. The lowest BCUT2D eigenvalue weighted by Crippen LogP contribution is -2.39. The maximum Gasteiger partial charge on any atom is 0.328 e. The molecule has 0 fully saturated rings. The predicted octanol–water partition coefficient (Wildman–Crippen LogP) is 3.19. The van der Waals surface area contributed by atoms with Crippen molar-refractivity contribution in [1.82, 2.24) is 0 Å². The molecular weight excluding hydrogens is 304 g/mol. The molecule has 0 aliphatic heterocycles. The number of hydrogen-bond acceptors (Lipinski definition) is 4. The fourth-order valence-corrected chi connectivity index (χ4v) is 1.95. The van der Waals surface area contributed by atoms with Crippen LogP contribution in [0.3, 0.4) is 0 Å². The number of benzene rings is 1. The van der Waals surface area contributed by atoms with Crippen molar-refractivity contribution in [3.05, 3.63) is 52.8 Å². The minimum Gasteiger partial charge on any atom is -0.468 e. The SMILES string of the molecule is COC(=O)C(C=C=C(C)C)(CC#Cc1ccc(C)cc1)C(=O)OC. The Morgan fingerprint density at radius 1 is 1.08 bits per heavy atom. The van der Waals surface area contributed by atoms with Crippen LogP contribution in [0, 0.1) is 24.2 Å². The summed E-state index contributed by atoms with van der Waals surface area (Å²) >= 11 is 0. The van der Waals surface area contributed by atoms with Crippen molar-refractivity contribution in [1.29, 1.82) is 0 Å². The molecule has 1 aromatic carbocycles. The molecule has 1 rings (SSSR count). The molecule has 0 atom stereocenters. The summed E-state index contributed by atoms with van der Waals surface area (Å²) in [6.07, 6.45) is 1.32. The normalized spacial score (nSPS) is 9.88. The molecular formula is C20H22O4. The van der Waals surface area contributed by atoms with Gasteiger partial charge in [0.2, 0.25) is 5.41 Å². The lowest BCUT2D eigenvalue weighted by atomic mass is 9.84. The van der Waals surface area contributed by atoms with E-state index in [-0.39, 0.29) is 6.42 Å². The Labute approximate surface area is 143 Å². The zero-order chi connectivity index (χ0) is 18.2. The van der Waals surface area contributed by atoms with Crippen molar-refractivity contribution >= 4 is 11.9 Å². The first kappa shape index (κ1) is 19.3. The third kappa shape index (κ3) is 4.87. The van der Waals surface area contributed by atoms with Crippen LogP contribution in [-0.2, 0) is 19.1 Å². The highest BCUT2D eigenvalue weighted by molar-refractivity contribution is 6.02. The highest BCUT2D eigenvalue weighted by Gasteiger charge is 2.46. The number of hydrogen-bond donors (Lipinski definition) is 0. The van der Waals surface area contributed by atoms with E-state index < -0.39 is 17.4 Å². The molecule has 1 aromatic rings. The summed E-state index contributed by atoms with van der Waals surface area (Å²) < 4.78 is 9.60. The van der Waals surface area contributed by atoms with Crippen molar-refractivity contribution in [2.75, 3.05) is 14.2 Å². The Hall–Kier alpha value is -2.76. The summed E-state index contributed by atoms with van der Waals surface area (Å²) in [5, 5.41) is 0. The maximum absolute atomic E-state index is 12.3. The number of aryl methyl sites for hydroxylation is 1. The minimum absolute atomic E-state index is 0.0551. The van der Waals surface area contributed by atoms with Crippen molar-refractivity contribution in [3.8, 4) is 11.8 Å². The van der Waals surface area contributed by atoms with E-state index in [2.05, 4.69) is 17.6 Å². The fourth-order valence-electron chi connectivity index (χ4n) is 1.95. The Morgan fingerprint density at radius 2 is 1.62 bits per heavy atom. The van der Waals surface area contributed by atoms with Crippen LogP contribution in [-0.4, -0.2) is 26.2 Å². The topological polar surface area (TPSA) is 52.6 Å². The second kappa shape index (κ2) is 8.76. The molecule has 24 heavy (non-hydrogen) atoms. The van der Waals surface area contributed by atoms with Crippen molar-refractivity contribution in [2.24, 2.45) is 5.41 Å². The second-order valence-electron chi connectivity index (χ2n) is 5.59. The number of esters is 2. The highest BCUT2D eigenvalue weighted by atomic mass is 16.5. The van der Waals surface area contributed by atoms with Gasteiger partial charge in [0, 0.05) is 12.0 Å². The van der Waals surface area contributed by atoms with Crippen LogP contribution in [0.1, 0.15) is 31.4 Å². The fraction of sp³-hybridized carbons (Fsp3) is 0.350. The number of carbonyl (C=O) groups excluding carboxylic acids is 2. The van der Waals surface area contributed by atoms with Gasteiger partial charge >= 0.3 is 11.9 Å². The Morgan fingerprint density at radius 3 is 2.08 bits per heavy atom. The molecule has 0 aliphatic rings. The van der Waals surface area contributed by atoms with Gasteiger partial charge in [0.1, 0.15) is 0 Å². The molecule has 0 aromatic heterocycles. The van der Waals surface area contributed by atoms with Crippen molar-refractivity contribution in [2.45, 2.75) is 27.2 Å². The lowest BCUT2D eigenvalue weighted by Gasteiger charge is -2.21. The summed E-state index contributed by atoms with van der Waals surface area (Å²) in [4.78, 5) is 24.5. The molecule has 0 radical (unpaired) electrons. The molecule has 4 heteroatoms. The quantitative estimate of drug-likeness (QED) is 0.369. The minimum atomic E-state index is -1.63. The van der Waals surface area contributed by atoms with Gasteiger partial charge in [0.15, 0.2) is 0 Å². The first-order valence-corrected chi connectivity index (χ1v) is 7.49. The average Bonchev–Trinajstić information content (AvgIpc) is 2.58. The summed E-state index contributed by atoms with van der Waals surface area (Å²) in [5.41, 5.74) is 4.02. The highest BCUT2D eigenvalue weighted by Crippen LogP contribution is 2.27. The van der Waals surface area contributed by atoms with Gasteiger partial charge in [-0.2, -0.15) is 0 Å². The van der Waals surface area contributed by atoms with Crippen LogP contribution in [0.5, 0.6) is 0 Å². The molecule has 0 saturated carbocycles. The Balaban J connectivity index is 3.27. The molecule has 0 amide bonds. The van der Waals surface area contributed by atoms with E-state index in [1.807, 2.05) is 45.0 Å². The molecule has 0 saturated heterocycles. The van der Waals surface area contributed by atoms with E-state index in [0.29, 0.717) is 0 Å². The maximum atomic E-state index is 12.3. The molecule has 0 unspecified atom stereocenters. The van der Waals surface area contributed by atoms with Gasteiger partial charge in [-0.25, -0.2) is 0 Å². The molecule has 0 heterocycles. The van der Waals surface area contributed by atoms with Crippen LogP contribution in [0.25, 0.3) is 0 Å². The standard InChI is InChI=1S/C20H22O4/c1-15(2)12-14-20(18(21)23-4,19(22)24-5)13-6-7-17-10-8-16(3)9-11-17/h8-11,14H,13H2,1-5H3. The molecule has 126 valence electrons. The lowest BCUT2D eigenvalue weighted by molar-refractivity contribution is -0.164. The van der Waals surface area contributed by atoms with E-state index in [1.165, 1.54) is 20.3 Å². The van der Waals surface area contributed by atoms with Gasteiger partial charge in [0.05, 0.1) is 14.2 Å². The van der Waals surface area contributed by atoms with Crippen LogP contribution in [0.15, 0.2) is 41.6 Å². The molecule has 4 nitrogen and oxygen atoms in total. The number of ether oxygens (including phenoxy) is 2. The van der Waals surface area contributed by atoms with E-state index in [1.54, 1.807) is 0 Å². The monoisotopic (exact) mass is 326 g/mol. The number of methoxy groups -OCH3 is 2. The number of carbonyl (C=O) groups is 2. The van der Waals surface area contributed by atoms with Gasteiger partial charge < -0.3 is 9.47 Å². The van der Waals surface area contributed by atoms with Crippen molar-refractivity contribution in [3.63, 3.8) is 0 Å². The second-order valence-corrected chi connectivity index (χ2v) is 5.59. The third-order valence-corrected chi connectivity index (χ3v) is 3.36. The van der Waals surface area contributed by atoms with Gasteiger partial charge in [-0.3, -0.25) is 9.59 Å². The zero-order valence-electron chi connectivity index (χ0n) is 14.7. The van der Waals surface area contributed by atoms with Crippen LogP contribution >= 0.6 is 0 Å². The van der Waals surface area contributed by atoms with Crippen LogP contribution < -0.4 is 0 Å². The smallest absolute Gasteiger partial charge is 0.328 e. The van der Waals surface area contributed by atoms with Crippen molar-refractivity contribution < 1.29 is 19.1 Å². The molecule has 0 spiro atoms. The summed E-state index contributed by atoms with van der Waals surface area (Å²) in [5.74, 6) is 4.39. The molecule has 0 aliphatic carbocycles. The van der Waals surface area contributed by atoms with Crippen LogP contribution in [0.2, 0.25) is 0 Å². The first-order valence-electron chi connectivity index (χ1n) is 7.49. The largest absolute Gasteiger partial charge is 0.468 e.